The lowest BCUT2D eigenvalue weighted by atomic mass is 10.1. The van der Waals surface area contributed by atoms with Crippen molar-refractivity contribution in [3.63, 3.8) is 0 Å². The number of pyridine rings is 2. The molecule has 148 valence electrons. The lowest BCUT2D eigenvalue weighted by Gasteiger charge is -2.10. The molecule has 2 N–H and O–H groups in total. The fraction of sp³-hybridized carbons (Fsp3) is 0.0870. The van der Waals surface area contributed by atoms with E-state index >= 15 is 0 Å². The second-order valence-electron chi connectivity index (χ2n) is 6.84. The molecule has 1 aliphatic heterocycles. The number of amides is 1. The van der Waals surface area contributed by atoms with Crippen LogP contribution in [-0.4, -0.2) is 22.7 Å². The summed E-state index contributed by atoms with van der Waals surface area (Å²) in [6, 6.07) is 17.1. The second-order valence-corrected chi connectivity index (χ2v) is 6.84. The maximum absolute atomic E-state index is 12.8. The van der Waals surface area contributed by atoms with Crippen LogP contribution >= 0.6 is 0 Å². The molecule has 3 heterocycles. The van der Waals surface area contributed by atoms with E-state index in [1.807, 2.05) is 48.5 Å². The Morgan fingerprint density at radius 3 is 2.87 bits per heavy atom. The minimum atomic E-state index is -0.243. The minimum Gasteiger partial charge on any atom is -0.454 e. The first-order chi connectivity index (χ1) is 14.8. The van der Waals surface area contributed by atoms with Crippen molar-refractivity contribution < 1.29 is 14.3 Å². The molecule has 0 saturated carbocycles. The van der Waals surface area contributed by atoms with Crippen LogP contribution in [0.15, 0.2) is 73.2 Å². The summed E-state index contributed by atoms with van der Waals surface area (Å²) in [6.45, 7) is 0.816. The molecule has 7 nitrogen and oxygen atoms in total. The average Bonchev–Trinajstić information content (AvgIpc) is 3.26. The number of hydrogen-bond acceptors (Lipinski definition) is 6. The number of hydrogen-bond donors (Lipinski definition) is 2. The lowest BCUT2D eigenvalue weighted by molar-refractivity contribution is 0.102. The highest BCUT2D eigenvalue weighted by atomic mass is 16.7. The number of nitrogens with one attached hydrogen (secondary N) is 2. The number of rotatable bonds is 5. The van der Waals surface area contributed by atoms with Gasteiger partial charge in [-0.2, -0.15) is 0 Å². The molecule has 1 aliphatic rings. The Bertz CT molecular complexity index is 1240. The highest BCUT2D eigenvalue weighted by molar-refractivity contribution is 6.08. The summed E-state index contributed by atoms with van der Waals surface area (Å²) in [6.07, 6.45) is 4.93. The van der Waals surface area contributed by atoms with E-state index in [4.69, 9.17) is 9.47 Å². The molecule has 0 saturated heterocycles. The number of para-hydroxylation sites is 1. The third-order valence-corrected chi connectivity index (χ3v) is 4.81. The zero-order valence-electron chi connectivity index (χ0n) is 16.0. The van der Waals surface area contributed by atoms with E-state index in [0.717, 1.165) is 33.7 Å². The first-order valence-corrected chi connectivity index (χ1v) is 9.49. The molecular formula is C23H18N4O3. The van der Waals surface area contributed by atoms with E-state index in [1.54, 1.807) is 24.7 Å². The van der Waals surface area contributed by atoms with Gasteiger partial charge in [0.25, 0.3) is 5.91 Å². The number of aromatic nitrogens is 2. The van der Waals surface area contributed by atoms with Gasteiger partial charge in [-0.3, -0.25) is 14.8 Å². The molecule has 1 amide bonds. The zero-order valence-corrected chi connectivity index (χ0v) is 16.0. The Labute approximate surface area is 172 Å². The monoisotopic (exact) mass is 398 g/mol. The molecule has 5 rings (SSSR count). The van der Waals surface area contributed by atoms with Crippen LogP contribution in [0, 0.1) is 0 Å². The molecule has 0 unspecified atom stereocenters. The topological polar surface area (TPSA) is 85.4 Å². The number of ether oxygens (including phenoxy) is 2. The summed E-state index contributed by atoms with van der Waals surface area (Å²) in [7, 11) is 0. The van der Waals surface area contributed by atoms with Crippen molar-refractivity contribution in [2.45, 2.75) is 6.54 Å². The fourth-order valence-corrected chi connectivity index (χ4v) is 3.32. The summed E-state index contributed by atoms with van der Waals surface area (Å²) in [5.41, 5.74) is 3.65. The summed E-state index contributed by atoms with van der Waals surface area (Å²) in [5, 5.41) is 7.19. The molecule has 0 aliphatic carbocycles. The Kier molecular flexibility index (Phi) is 4.61. The van der Waals surface area contributed by atoms with Crippen molar-refractivity contribution in [3.05, 3.63) is 84.3 Å². The zero-order chi connectivity index (χ0) is 20.3. The van der Waals surface area contributed by atoms with Crippen molar-refractivity contribution in [1.82, 2.24) is 9.97 Å². The van der Waals surface area contributed by atoms with Crippen LogP contribution in [0.3, 0.4) is 0 Å². The highest BCUT2D eigenvalue weighted by Crippen LogP contribution is 2.32. The van der Waals surface area contributed by atoms with Gasteiger partial charge in [-0.25, -0.2) is 0 Å². The molecule has 2 aromatic heterocycles. The average molecular weight is 398 g/mol. The molecule has 4 aromatic rings. The largest absolute Gasteiger partial charge is 0.454 e. The van der Waals surface area contributed by atoms with E-state index in [1.165, 1.54) is 0 Å². The van der Waals surface area contributed by atoms with Gasteiger partial charge in [0, 0.05) is 30.5 Å². The number of carbonyl (C=O) groups excluding carboxylic acids is 1. The summed E-state index contributed by atoms with van der Waals surface area (Å²) in [5.74, 6) is 1.25. The first-order valence-electron chi connectivity index (χ1n) is 9.49. The van der Waals surface area contributed by atoms with Gasteiger partial charge in [0.1, 0.15) is 0 Å². The normalized spacial score (nSPS) is 12.0. The van der Waals surface area contributed by atoms with Crippen LogP contribution in [-0.2, 0) is 6.54 Å². The van der Waals surface area contributed by atoms with Gasteiger partial charge in [0.2, 0.25) is 6.79 Å². The van der Waals surface area contributed by atoms with E-state index in [2.05, 4.69) is 20.6 Å². The Hall–Kier alpha value is -4.13. The molecule has 7 heteroatoms. The van der Waals surface area contributed by atoms with Gasteiger partial charge in [-0.05, 0) is 35.9 Å². The number of nitrogens with zero attached hydrogens (tertiary/aromatic N) is 2. The van der Waals surface area contributed by atoms with E-state index in [9.17, 15) is 4.79 Å². The highest BCUT2D eigenvalue weighted by Gasteiger charge is 2.13. The van der Waals surface area contributed by atoms with Crippen LogP contribution in [0.25, 0.3) is 10.9 Å². The van der Waals surface area contributed by atoms with Crippen molar-refractivity contribution >= 4 is 28.2 Å². The van der Waals surface area contributed by atoms with E-state index < -0.39 is 0 Å². The van der Waals surface area contributed by atoms with Crippen LogP contribution in [0.1, 0.15) is 15.9 Å². The predicted octanol–water partition coefficient (Wildman–Crippen LogP) is 4.22. The van der Waals surface area contributed by atoms with Crippen LogP contribution in [0.5, 0.6) is 11.5 Å². The minimum absolute atomic E-state index is 0.243. The lowest BCUT2D eigenvalue weighted by Crippen LogP contribution is -2.13. The Balaban J connectivity index is 1.30. The third kappa shape index (κ3) is 3.60. The predicted molar refractivity (Wildman–Crippen MR) is 114 cm³/mol. The quantitative estimate of drug-likeness (QED) is 0.524. The van der Waals surface area contributed by atoms with Gasteiger partial charge >= 0.3 is 0 Å². The third-order valence-electron chi connectivity index (χ3n) is 4.81. The molecule has 2 aromatic carbocycles. The SMILES string of the molecule is O=C(Nc1cccc2cccnc12)c1cncc(NCc2ccc3c(c2)OCO3)c1. The van der Waals surface area contributed by atoms with Crippen LogP contribution < -0.4 is 20.1 Å². The van der Waals surface area contributed by atoms with Gasteiger partial charge in [0.05, 0.1) is 22.5 Å². The molecule has 0 atom stereocenters. The molecule has 30 heavy (non-hydrogen) atoms. The van der Waals surface area contributed by atoms with Gasteiger partial charge in [-0.1, -0.05) is 24.3 Å². The van der Waals surface area contributed by atoms with E-state index in [-0.39, 0.29) is 12.7 Å². The number of benzene rings is 2. The molecule has 0 spiro atoms. The summed E-state index contributed by atoms with van der Waals surface area (Å²) >= 11 is 0. The van der Waals surface area contributed by atoms with Crippen molar-refractivity contribution in [3.8, 4) is 11.5 Å². The van der Waals surface area contributed by atoms with Crippen LogP contribution in [0.4, 0.5) is 11.4 Å². The fourth-order valence-electron chi connectivity index (χ4n) is 3.32. The van der Waals surface area contributed by atoms with Crippen LogP contribution in [0.2, 0.25) is 0 Å². The number of carbonyl (C=O) groups is 1. The number of anilines is 2. The van der Waals surface area contributed by atoms with Crippen molar-refractivity contribution in [1.29, 1.82) is 0 Å². The molecule has 0 radical (unpaired) electrons. The summed E-state index contributed by atoms with van der Waals surface area (Å²) < 4.78 is 10.7. The van der Waals surface area contributed by atoms with Crippen molar-refractivity contribution in [2.24, 2.45) is 0 Å². The van der Waals surface area contributed by atoms with E-state index in [0.29, 0.717) is 17.8 Å². The maximum Gasteiger partial charge on any atom is 0.257 e. The maximum atomic E-state index is 12.8. The number of fused-ring (bicyclic) bond motifs is 2. The summed E-state index contributed by atoms with van der Waals surface area (Å²) in [4.78, 5) is 21.3. The van der Waals surface area contributed by atoms with Gasteiger partial charge in [0.15, 0.2) is 11.5 Å². The first kappa shape index (κ1) is 17.9. The Morgan fingerprint density at radius 1 is 1.00 bits per heavy atom. The molecule has 0 fully saturated rings. The smallest absolute Gasteiger partial charge is 0.257 e. The van der Waals surface area contributed by atoms with Gasteiger partial charge < -0.3 is 20.1 Å². The second kappa shape index (κ2) is 7.71. The van der Waals surface area contributed by atoms with Gasteiger partial charge in [-0.15, -0.1) is 0 Å². The van der Waals surface area contributed by atoms with Crippen molar-refractivity contribution in [2.75, 3.05) is 17.4 Å². The Morgan fingerprint density at radius 2 is 1.90 bits per heavy atom. The molecule has 0 bridgehead atoms. The molecular weight excluding hydrogens is 380 g/mol. The standard InChI is InChI=1S/C23H18N4O3/c28-23(27-19-5-1-3-16-4-2-8-25-22(16)19)17-10-18(13-24-12-17)26-11-15-6-7-20-21(9-15)30-14-29-20/h1-10,12-13,26H,11,14H2,(H,27,28).